The van der Waals surface area contributed by atoms with Crippen molar-refractivity contribution in [2.45, 2.75) is 32.6 Å². The molecule has 0 atom stereocenters. The van der Waals surface area contributed by atoms with E-state index in [2.05, 4.69) is 31.4 Å². The molecule has 0 aliphatic rings. The quantitative estimate of drug-likeness (QED) is 0.747. The molecule has 2 aromatic rings. The summed E-state index contributed by atoms with van der Waals surface area (Å²) in [6.07, 6.45) is 0.509. The Morgan fingerprint density at radius 2 is 1.62 bits per heavy atom. The van der Waals surface area contributed by atoms with Crippen molar-refractivity contribution in [1.29, 1.82) is 0 Å². The molecule has 0 heterocycles. The van der Waals surface area contributed by atoms with E-state index >= 15 is 0 Å². The molecule has 0 spiro atoms. The predicted octanol–water partition coefficient (Wildman–Crippen LogP) is 4.59. The van der Waals surface area contributed by atoms with Gasteiger partial charge in [-0.05, 0) is 47.2 Å². The number of anilines is 1. The minimum Gasteiger partial charge on any atom is -0.347 e. The third kappa shape index (κ3) is 5.75. The zero-order valence-corrected chi connectivity index (χ0v) is 16.5. The van der Waals surface area contributed by atoms with Gasteiger partial charge in [0.25, 0.3) is 0 Å². The van der Waals surface area contributed by atoms with Crippen LogP contribution in [0.5, 0.6) is 0 Å². The van der Waals surface area contributed by atoms with Crippen molar-refractivity contribution in [3.05, 3.63) is 63.6 Å². The number of carbonyl (C=O) groups is 2. The number of benzene rings is 2. The van der Waals surface area contributed by atoms with E-state index < -0.39 is 11.8 Å². The summed E-state index contributed by atoms with van der Waals surface area (Å²) in [4.78, 5) is 23.9. The second-order valence-corrected chi connectivity index (χ2v) is 7.87. The molecule has 0 saturated carbocycles. The van der Waals surface area contributed by atoms with Gasteiger partial charge in [-0.25, -0.2) is 0 Å². The topological polar surface area (TPSA) is 58.2 Å². The highest BCUT2D eigenvalue weighted by atomic mass is 35.5. The second-order valence-electron chi connectivity index (χ2n) is 7.02. The Labute approximate surface area is 163 Å². The largest absolute Gasteiger partial charge is 0.347 e. The number of amides is 2. The molecule has 0 saturated heterocycles. The van der Waals surface area contributed by atoms with E-state index in [0.29, 0.717) is 28.7 Å². The lowest BCUT2D eigenvalue weighted by atomic mass is 9.87. The molecule has 2 aromatic carbocycles. The van der Waals surface area contributed by atoms with Crippen molar-refractivity contribution in [2.75, 3.05) is 11.9 Å². The first-order chi connectivity index (χ1) is 12.2. The van der Waals surface area contributed by atoms with Crippen LogP contribution in [0.25, 0.3) is 0 Å². The van der Waals surface area contributed by atoms with Crippen LogP contribution >= 0.6 is 23.2 Å². The Balaban J connectivity index is 1.84. The summed E-state index contributed by atoms with van der Waals surface area (Å²) in [5.41, 5.74) is 2.62. The van der Waals surface area contributed by atoms with Crippen LogP contribution in [0.15, 0.2) is 42.5 Å². The van der Waals surface area contributed by atoms with Gasteiger partial charge in [0.15, 0.2) is 0 Å². The standard InChI is InChI=1S/C20H22Cl2N2O2/c1-20(2,3)14-5-8-16(9-6-14)24-19(26)18(25)23-11-10-13-4-7-15(21)12-17(13)22/h4-9,12H,10-11H2,1-3H3,(H,23,25)(H,24,26). The van der Waals surface area contributed by atoms with Crippen LogP contribution in [0.3, 0.4) is 0 Å². The van der Waals surface area contributed by atoms with Crippen molar-refractivity contribution < 1.29 is 9.59 Å². The average molecular weight is 393 g/mol. The van der Waals surface area contributed by atoms with Crippen LogP contribution in [0.4, 0.5) is 5.69 Å². The van der Waals surface area contributed by atoms with Crippen LogP contribution < -0.4 is 10.6 Å². The molecule has 0 aliphatic carbocycles. The number of hydrogen-bond donors (Lipinski definition) is 2. The normalized spacial score (nSPS) is 11.1. The highest BCUT2D eigenvalue weighted by molar-refractivity contribution is 6.39. The van der Waals surface area contributed by atoms with E-state index in [1.54, 1.807) is 30.3 Å². The first-order valence-corrected chi connectivity index (χ1v) is 9.06. The van der Waals surface area contributed by atoms with Crippen molar-refractivity contribution in [3.8, 4) is 0 Å². The summed E-state index contributed by atoms with van der Waals surface area (Å²) in [6.45, 7) is 6.64. The maximum absolute atomic E-state index is 12.0. The number of carbonyl (C=O) groups excluding carboxylic acids is 2. The van der Waals surface area contributed by atoms with Crippen LogP contribution in [-0.4, -0.2) is 18.4 Å². The molecule has 0 bridgehead atoms. The Kier molecular flexibility index (Phi) is 6.68. The smallest absolute Gasteiger partial charge is 0.313 e. The summed E-state index contributed by atoms with van der Waals surface area (Å²) in [6, 6.07) is 12.6. The van der Waals surface area contributed by atoms with E-state index in [4.69, 9.17) is 23.2 Å². The molecule has 2 N–H and O–H groups in total. The van der Waals surface area contributed by atoms with Gasteiger partial charge in [0.1, 0.15) is 0 Å². The van der Waals surface area contributed by atoms with Gasteiger partial charge in [0.2, 0.25) is 0 Å². The van der Waals surface area contributed by atoms with Gasteiger partial charge in [-0.15, -0.1) is 0 Å². The van der Waals surface area contributed by atoms with Gasteiger partial charge in [-0.2, -0.15) is 0 Å². The molecular formula is C20H22Cl2N2O2. The van der Waals surface area contributed by atoms with Gasteiger partial charge in [0, 0.05) is 22.3 Å². The highest BCUT2D eigenvalue weighted by Gasteiger charge is 2.15. The Hall–Kier alpha value is -2.04. The molecule has 2 amide bonds. The maximum Gasteiger partial charge on any atom is 0.313 e. The molecule has 0 aliphatic heterocycles. The Morgan fingerprint density at radius 1 is 0.962 bits per heavy atom. The fourth-order valence-corrected chi connectivity index (χ4v) is 2.86. The molecule has 0 aromatic heterocycles. The zero-order valence-electron chi connectivity index (χ0n) is 15.0. The molecule has 0 fully saturated rings. The van der Waals surface area contributed by atoms with Gasteiger partial charge < -0.3 is 10.6 Å². The van der Waals surface area contributed by atoms with Crippen molar-refractivity contribution in [3.63, 3.8) is 0 Å². The minimum atomic E-state index is -0.698. The predicted molar refractivity (Wildman–Crippen MR) is 107 cm³/mol. The molecule has 0 unspecified atom stereocenters. The number of hydrogen-bond acceptors (Lipinski definition) is 2. The summed E-state index contributed by atoms with van der Waals surface area (Å²) in [5, 5.41) is 6.27. The van der Waals surface area contributed by atoms with Gasteiger partial charge in [0.05, 0.1) is 0 Å². The summed E-state index contributed by atoms with van der Waals surface area (Å²) >= 11 is 11.9. The average Bonchev–Trinajstić information content (AvgIpc) is 2.56. The lowest BCUT2D eigenvalue weighted by Gasteiger charge is -2.19. The summed E-state index contributed by atoms with van der Waals surface area (Å²) < 4.78 is 0. The molecule has 0 radical (unpaired) electrons. The van der Waals surface area contributed by atoms with Crippen molar-refractivity contribution in [2.24, 2.45) is 0 Å². The van der Waals surface area contributed by atoms with Crippen LogP contribution in [0, 0.1) is 0 Å². The summed E-state index contributed by atoms with van der Waals surface area (Å²) in [5.74, 6) is -1.38. The van der Waals surface area contributed by atoms with Crippen molar-refractivity contribution in [1.82, 2.24) is 5.32 Å². The third-order valence-electron chi connectivity index (χ3n) is 3.91. The lowest BCUT2D eigenvalue weighted by Crippen LogP contribution is -2.36. The monoisotopic (exact) mass is 392 g/mol. The molecule has 4 nitrogen and oxygen atoms in total. The van der Waals surface area contributed by atoms with Crippen molar-refractivity contribution >= 4 is 40.7 Å². The maximum atomic E-state index is 12.0. The van der Waals surface area contributed by atoms with E-state index in [1.807, 2.05) is 12.1 Å². The third-order valence-corrected chi connectivity index (χ3v) is 4.50. The summed E-state index contributed by atoms with van der Waals surface area (Å²) in [7, 11) is 0. The Morgan fingerprint density at radius 3 is 2.19 bits per heavy atom. The fourth-order valence-electron chi connectivity index (χ4n) is 2.36. The minimum absolute atomic E-state index is 0.0306. The SMILES string of the molecule is CC(C)(C)c1ccc(NC(=O)C(=O)NCCc2ccc(Cl)cc2Cl)cc1. The first kappa shape index (κ1) is 20.3. The molecule has 26 heavy (non-hydrogen) atoms. The van der Waals surface area contributed by atoms with Crippen LogP contribution in [0.2, 0.25) is 10.0 Å². The Bertz CT molecular complexity index is 796. The lowest BCUT2D eigenvalue weighted by molar-refractivity contribution is -0.136. The van der Waals surface area contributed by atoms with Gasteiger partial charge in [-0.1, -0.05) is 62.2 Å². The van der Waals surface area contributed by atoms with E-state index in [9.17, 15) is 9.59 Å². The zero-order chi connectivity index (χ0) is 19.3. The van der Waals surface area contributed by atoms with Gasteiger partial charge in [-0.3, -0.25) is 9.59 Å². The van der Waals surface area contributed by atoms with E-state index in [-0.39, 0.29) is 5.41 Å². The molecule has 138 valence electrons. The number of halogens is 2. The second kappa shape index (κ2) is 8.56. The van der Waals surface area contributed by atoms with E-state index in [0.717, 1.165) is 11.1 Å². The fraction of sp³-hybridized carbons (Fsp3) is 0.300. The highest BCUT2D eigenvalue weighted by Crippen LogP contribution is 2.23. The number of nitrogens with one attached hydrogen (secondary N) is 2. The number of rotatable bonds is 4. The first-order valence-electron chi connectivity index (χ1n) is 8.30. The molecule has 6 heteroatoms. The molecular weight excluding hydrogens is 371 g/mol. The van der Waals surface area contributed by atoms with Crippen LogP contribution in [0.1, 0.15) is 31.9 Å². The van der Waals surface area contributed by atoms with E-state index in [1.165, 1.54) is 0 Å². The van der Waals surface area contributed by atoms with Gasteiger partial charge >= 0.3 is 11.8 Å². The van der Waals surface area contributed by atoms with Crippen LogP contribution in [-0.2, 0) is 21.4 Å². The molecule has 2 rings (SSSR count).